The summed E-state index contributed by atoms with van der Waals surface area (Å²) < 4.78 is 33.9. The minimum atomic E-state index is -3.70. The van der Waals surface area contributed by atoms with Gasteiger partial charge in [0.25, 0.3) is 0 Å². The monoisotopic (exact) mass is 492 g/mol. The van der Waals surface area contributed by atoms with Crippen LogP contribution in [-0.2, 0) is 14.8 Å². The number of nitrogens with zero attached hydrogens (tertiary/aromatic N) is 3. The van der Waals surface area contributed by atoms with E-state index in [0.717, 1.165) is 44.9 Å². The first-order valence-corrected chi connectivity index (χ1v) is 14.4. The molecule has 2 saturated carbocycles. The number of nitrogens with one attached hydrogen (secondary N) is 1. The van der Waals surface area contributed by atoms with E-state index in [0.29, 0.717) is 40.4 Å². The van der Waals surface area contributed by atoms with Crippen LogP contribution in [0.4, 0.5) is 0 Å². The molecule has 5 rings (SSSR count). The Morgan fingerprint density at radius 2 is 1.88 bits per heavy atom. The second kappa shape index (κ2) is 9.46. The molecule has 3 fully saturated rings. The molecule has 1 N–H and O–H groups in total. The lowest BCUT2D eigenvalue weighted by molar-refractivity contribution is -0.126. The second-order valence-corrected chi connectivity index (χ2v) is 12.8. The zero-order valence-corrected chi connectivity index (χ0v) is 20.7. The van der Waals surface area contributed by atoms with Gasteiger partial charge in [-0.1, -0.05) is 30.8 Å². The van der Waals surface area contributed by atoms with Crippen molar-refractivity contribution in [3.63, 3.8) is 0 Å². The molecule has 180 valence electrons. The minimum Gasteiger partial charge on any atom is -0.353 e. The number of hydrogen-bond donors (Lipinski definition) is 1. The summed E-state index contributed by atoms with van der Waals surface area (Å²) in [6.07, 6.45) is 10.4. The Kier molecular flexibility index (Phi) is 6.59. The highest BCUT2D eigenvalue weighted by atomic mass is 32.2. The van der Waals surface area contributed by atoms with Gasteiger partial charge in [0.15, 0.2) is 0 Å². The van der Waals surface area contributed by atoms with Crippen molar-refractivity contribution in [3.8, 4) is 10.7 Å². The number of aryl methyl sites for hydroxylation is 1. The molecule has 0 bridgehead atoms. The van der Waals surface area contributed by atoms with Gasteiger partial charge in [-0.25, -0.2) is 8.42 Å². The maximum Gasteiger partial charge on any atom is 0.244 e. The summed E-state index contributed by atoms with van der Waals surface area (Å²) in [5.41, 5.74) is 0. The van der Waals surface area contributed by atoms with Crippen molar-refractivity contribution in [2.45, 2.75) is 88.0 Å². The van der Waals surface area contributed by atoms with Gasteiger partial charge < -0.3 is 9.84 Å². The van der Waals surface area contributed by atoms with Gasteiger partial charge in [0.05, 0.1) is 15.7 Å². The maximum absolute atomic E-state index is 13.5. The third-order valence-electron chi connectivity index (χ3n) is 7.04. The lowest BCUT2D eigenvalue weighted by Crippen LogP contribution is -2.47. The molecule has 0 unspecified atom stereocenters. The Hall–Kier alpha value is -1.78. The van der Waals surface area contributed by atoms with Gasteiger partial charge in [-0.05, 0) is 51.5 Å². The van der Waals surface area contributed by atoms with Crippen molar-refractivity contribution < 1.29 is 17.7 Å². The van der Waals surface area contributed by atoms with Crippen molar-refractivity contribution in [2.24, 2.45) is 5.92 Å². The van der Waals surface area contributed by atoms with Crippen molar-refractivity contribution in [1.29, 1.82) is 0 Å². The Labute approximate surface area is 199 Å². The number of carbonyl (C=O) groups excluding carboxylic acids is 1. The van der Waals surface area contributed by atoms with Gasteiger partial charge in [0.2, 0.25) is 27.6 Å². The molecule has 0 radical (unpaired) electrons. The van der Waals surface area contributed by atoms with Crippen LogP contribution in [0.5, 0.6) is 0 Å². The largest absolute Gasteiger partial charge is 0.353 e. The summed E-state index contributed by atoms with van der Waals surface area (Å²) in [4.78, 5) is 19.1. The third-order valence-corrected chi connectivity index (χ3v) is 10.2. The van der Waals surface area contributed by atoms with Crippen molar-refractivity contribution in [3.05, 3.63) is 16.8 Å². The van der Waals surface area contributed by atoms with Crippen LogP contribution in [0.1, 0.15) is 80.9 Å². The fourth-order valence-electron chi connectivity index (χ4n) is 4.92. The number of carbonyl (C=O) groups is 1. The van der Waals surface area contributed by atoms with Crippen molar-refractivity contribution >= 4 is 27.3 Å². The molecule has 10 heteroatoms. The molecule has 3 aliphatic rings. The van der Waals surface area contributed by atoms with Crippen LogP contribution >= 0.6 is 11.3 Å². The van der Waals surface area contributed by atoms with Gasteiger partial charge in [-0.15, -0.1) is 11.3 Å². The molecule has 0 aromatic carbocycles. The van der Waals surface area contributed by atoms with Crippen LogP contribution in [0.2, 0.25) is 0 Å². The summed E-state index contributed by atoms with van der Waals surface area (Å²) in [5, 5.41) is 7.27. The SMILES string of the molecule is Cc1sc(-c2noc(C3CC3)n2)cc1S(=O)(=O)N1CCC[C@@H](C(=O)NC2CCCCCC2)C1. The molecular weight excluding hydrogens is 460 g/mol. The Morgan fingerprint density at radius 3 is 2.61 bits per heavy atom. The topological polar surface area (TPSA) is 105 Å². The summed E-state index contributed by atoms with van der Waals surface area (Å²) >= 11 is 1.37. The Morgan fingerprint density at radius 1 is 1.12 bits per heavy atom. The van der Waals surface area contributed by atoms with Crippen molar-refractivity contribution in [1.82, 2.24) is 19.8 Å². The smallest absolute Gasteiger partial charge is 0.244 e. The number of piperidine rings is 1. The molecule has 33 heavy (non-hydrogen) atoms. The maximum atomic E-state index is 13.5. The lowest BCUT2D eigenvalue weighted by atomic mass is 9.97. The van der Waals surface area contributed by atoms with Gasteiger partial charge in [0, 0.05) is 29.9 Å². The van der Waals surface area contributed by atoms with E-state index in [1.165, 1.54) is 28.5 Å². The van der Waals surface area contributed by atoms with Crippen molar-refractivity contribution in [2.75, 3.05) is 13.1 Å². The van der Waals surface area contributed by atoms with Crippen LogP contribution < -0.4 is 5.32 Å². The number of rotatable bonds is 6. The lowest BCUT2D eigenvalue weighted by Gasteiger charge is -2.32. The third kappa shape index (κ3) is 5.02. The summed E-state index contributed by atoms with van der Waals surface area (Å²) in [6, 6.07) is 1.88. The second-order valence-electron chi connectivity index (χ2n) is 9.66. The van der Waals surface area contributed by atoms with E-state index in [-0.39, 0.29) is 29.3 Å². The highest BCUT2D eigenvalue weighted by Crippen LogP contribution is 2.41. The van der Waals surface area contributed by atoms with Gasteiger partial charge in [-0.2, -0.15) is 9.29 Å². The van der Waals surface area contributed by atoms with Gasteiger partial charge in [-0.3, -0.25) is 4.79 Å². The average Bonchev–Trinajstić information content (AvgIpc) is 3.49. The fraction of sp³-hybridized carbons (Fsp3) is 0.696. The van der Waals surface area contributed by atoms with Crippen LogP contribution in [0, 0.1) is 12.8 Å². The molecule has 2 aromatic heterocycles. The number of thiophene rings is 1. The zero-order chi connectivity index (χ0) is 23.0. The van der Waals surface area contributed by atoms with Crippen LogP contribution in [0.3, 0.4) is 0 Å². The van der Waals surface area contributed by atoms with E-state index in [2.05, 4.69) is 15.5 Å². The molecule has 1 atom stereocenters. The quantitative estimate of drug-likeness (QED) is 0.605. The summed E-state index contributed by atoms with van der Waals surface area (Å²) in [5.74, 6) is 1.15. The molecule has 2 aliphatic carbocycles. The first-order chi connectivity index (χ1) is 15.9. The number of hydrogen-bond acceptors (Lipinski definition) is 7. The Bertz CT molecular complexity index is 1100. The van der Waals surface area contributed by atoms with Crippen LogP contribution in [0.15, 0.2) is 15.5 Å². The van der Waals surface area contributed by atoms with E-state index < -0.39 is 10.0 Å². The van der Waals surface area contributed by atoms with Gasteiger partial charge >= 0.3 is 0 Å². The van der Waals surface area contributed by atoms with E-state index >= 15 is 0 Å². The summed E-state index contributed by atoms with van der Waals surface area (Å²) in [6.45, 7) is 2.48. The molecule has 1 amide bonds. The molecule has 2 aromatic rings. The predicted molar refractivity (Wildman–Crippen MR) is 125 cm³/mol. The highest BCUT2D eigenvalue weighted by molar-refractivity contribution is 7.89. The zero-order valence-electron chi connectivity index (χ0n) is 19.1. The fourth-order valence-corrected chi connectivity index (χ4v) is 7.93. The molecule has 3 heterocycles. The Balaban J connectivity index is 1.28. The molecule has 1 saturated heterocycles. The predicted octanol–water partition coefficient (Wildman–Crippen LogP) is 4.22. The van der Waals surface area contributed by atoms with Crippen LogP contribution in [-0.4, -0.2) is 47.9 Å². The highest BCUT2D eigenvalue weighted by Gasteiger charge is 2.36. The number of aromatic nitrogens is 2. The van der Waals surface area contributed by atoms with E-state index in [1.807, 2.05) is 6.92 Å². The van der Waals surface area contributed by atoms with E-state index in [1.54, 1.807) is 6.07 Å². The average molecular weight is 493 g/mol. The first-order valence-electron chi connectivity index (χ1n) is 12.2. The van der Waals surface area contributed by atoms with E-state index in [9.17, 15) is 13.2 Å². The first kappa shape index (κ1) is 23.0. The van der Waals surface area contributed by atoms with Gasteiger partial charge in [0.1, 0.15) is 0 Å². The van der Waals surface area contributed by atoms with E-state index in [4.69, 9.17) is 4.52 Å². The van der Waals surface area contributed by atoms with Crippen LogP contribution in [0.25, 0.3) is 10.7 Å². The normalized spacial score (nSPS) is 23.4. The molecule has 0 spiro atoms. The number of amides is 1. The summed E-state index contributed by atoms with van der Waals surface area (Å²) in [7, 11) is -3.70. The molecule has 1 aliphatic heterocycles. The number of sulfonamides is 1. The molecule has 8 nitrogen and oxygen atoms in total. The molecular formula is C23H32N4O4S2. The standard InChI is InChI=1S/C23H32N4O4S2/c1-15-20(13-19(32-15)21-25-23(31-26-21)16-10-11-16)33(29,30)27-12-6-7-17(14-27)22(28)24-18-8-4-2-3-5-9-18/h13,16-18H,2-12,14H2,1H3,(H,24,28)/t17-/m1/s1. The minimum absolute atomic E-state index is 0.00364.